The number of nitrogens with two attached hydrogens (primary N) is 1. The zero-order chi connectivity index (χ0) is 12.4. The molecule has 0 bridgehead atoms. The SMILES string of the molecule is NCc1ccc(-c2cc(Cl)cc(Cl)c2)c(Cl)c1. The van der Waals surface area contributed by atoms with Crippen LogP contribution in [0.4, 0.5) is 0 Å². The van der Waals surface area contributed by atoms with Crippen LogP contribution in [-0.4, -0.2) is 0 Å². The quantitative estimate of drug-likeness (QED) is 0.845. The van der Waals surface area contributed by atoms with Crippen LogP contribution in [0.3, 0.4) is 0 Å². The van der Waals surface area contributed by atoms with Crippen LogP contribution in [0.15, 0.2) is 36.4 Å². The van der Waals surface area contributed by atoms with Crippen molar-refractivity contribution < 1.29 is 0 Å². The lowest BCUT2D eigenvalue weighted by Gasteiger charge is -2.07. The minimum absolute atomic E-state index is 0.469. The molecule has 0 atom stereocenters. The first-order chi connectivity index (χ1) is 8.10. The lowest BCUT2D eigenvalue weighted by molar-refractivity contribution is 1.07. The monoisotopic (exact) mass is 285 g/mol. The largest absolute Gasteiger partial charge is 0.326 e. The van der Waals surface area contributed by atoms with Crippen molar-refractivity contribution in [2.75, 3.05) is 0 Å². The molecule has 88 valence electrons. The maximum atomic E-state index is 6.21. The van der Waals surface area contributed by atoms with Gasteiger partial charge in [-0.25, -0.2) is 0 Å². The van der Waals surface area contributed by atoms with E-state index in [9.17, 15) is 0 Å². The third kappa shape index (κ3) is 2.93. The summed E-state index contributed by atoms with van der Waals surface area (Å²) in [5, 5.41) is 1.82. The van der Waals surface area contributed by atoms with E-state index in [1.165, 1.54) is 0 Å². The lowest BCUT2D eigenvalue weighted by atomic mass is 10.0. The Bertz CT molecular complexity index is 532. The van der Waals surface area contributed by atoms with Gasteiger partial charge >= 0.3 is 0 Å². The van der Waals surface area contributed by atoms with Crippen molar-refractivity contribution in [2.24, 2.45) is 5.73 Å². The minimum atomic E-state index is 0.469. The van der Waals surface area contributed by atoms with Gasteiger partial charge in [0.1, 0.15) is 0 Å². The summed E-state index contributed by atoms with van der Waals surface area (Å²) in [5.41, 5.74) is 8.34. The Morgan fingerprint density at radius 1 is 0.882 bits per heavy atom. The zero-order valence-electron chi connectivity index (χ0n) is 8.88. The van der Waals surface area contributed by atoms with Crippen molar-refractivity contribution in [1.82, 2.24) is 0 Å². The van der Waals surface area contributed by atoms with Gasteiger partial charge in [-0.3, -0.25) is 0 Å². The first kappa shape index (κ1) is 12.7. The standard InChI is InChI=1S/C13H10Cl3N/c14-10-4-9(5-11(15)6-10)12-2-1-8(7-17)3-13(12)16/h1-6H,7,17H2. The van der Waals surface area contributed by atoms with Gasteiger partial charge in [0, 0.05) is 27.2 Å². The molecule has 0 aliphatic carbocycles. The highest BCUT2D eigenvalue weighted by Gasteiger charge is 2.06. The molecule has 0 unspecified atom stereocenters. The molecule has 0 saturated carbocycles. The van der Waals surface area contributed by atoms with Crippen LogP contribution in [0.5, 0.6) is 0 Å². The van der Waals surface area contributed by atoms with Gasteiger partial charge in [-0.2, -0.15) is 0 Å². The molecule has 2 aromatic rings. The van der Waals surface area contributed by atoms with E-state index in [0.717, 1.165) is 16.7 Å². The Labute approximate surface area is 115 Å². The van der Waals surface area contributed by atoms with Gasteiger partial charge in [-0.15, -0.1) is 0 Å². The fourth-order valence-corrected chi connectivity index (χ4v) is 2.47. The van der Waals surface area contributed by atoms with Gasteiger partial charge in [0.15, 0.2) is 0 Å². The molecule has 0 saturated heterocycles. The van der Waals surface area contributed by atoms with Gasteiger partial charge in [-0.05, 0) is 35.4 Å². The summed E-state index contributed by atoms with van der Waals surface area (Å²) >= 11 is 18.1. The lowest BCUT2D eigenvalue weighted by Crippen LogP contribution is -1.95. The molecule has 2 rings (SSSR count). The van der Waals surface area contributed by atoms with Crippen molar-refractivity contribution in [3.63, 3.8) is 0 Å². The molecule has 0 fully saturated rings. The summed E-state index contributed by atoms with van der Waals surface area (Å²) in [4.78, 5) is 0. The van der Waals surface area contributed by atoms with Gasteiger partial charge in [0.2, 0.25) is 0 Å². The van der Waals surface area contributed by atoms with E-state index in [4.69, 9.17) is 40.5 Å². The predicted octanol–water partition coefficient (Wildman–Crippen LogP) is 4.77. The summed E-state index contributed by atoms with van der Waals surface area (Å²) in [6.07, 6.45) is 0. The van der Waals surface area contributed by atoms with Crippen LogP contribution < -0.4 is 5.73 Å². The van der Waals surface area contributed by atoms with E-state index in [1.54, 1.807) is 6.07 Å². The number of hydrogen-bond donors (Lipinski definition) is 1. The Balaban J connectivity index is 2.52. The second-order valence-electron chi connectivity index (χ2n) is 3.68. The summed E-state index contributed by atoms with van der Waals surface area (Å²) < 4.78 is 0. The van der Waals surface area contributed by atoms with Crippen LogP contribution in [0.25, 0.3) is 11.1 Å². The Morgan fingerprint density at radius 2 is 1.53 bits per heavy atom. The maximum absolute atomic E-state index is 6.21. The average Bonchev–Trinajstić information content (AvgIpc) is 2.27. The molecule has 0 heterocycles. The third-order valence-corrected chi connectivity index (χ3v) is 3.19. The van der Waals surface area contributed by atoms with Crippen molar-refractivity contribution in [2.45, 2.75) is 6.54 Å². The molecule has 2 N–H and O–H groups in total. The Kier molecular flexibility index (Phi) is 3.95. The molecule has 2 aromatic carbocycles. The minimum Gasteiger partial charge on any atom is -0.326 e. The molecule has 0 aliphatic heterocycles. The highest BCUT2D eigenvalue weighted by molar-refractivity contribution is 6.36. The van der Waals surface area contributed by atoms with E-state index in [1.807, 2.05) is 30.3 Å². The normalized spacial score (nSPS) is 10.6. The highest BCUT2D eigenvalue weighted by Crippen LogP contribution is 2.32. The van der Waals surface area contributed by atoms with E-state index in [-0.39, 0.29) is 0 Å². The van der Waals surface area contributed by atoms with Crippen LogP contribution in [0, 0.1) is 0 Å². The second kappa shape index (κ2) is 5.28. The van der Waals surface area contributed by atoms with Gasteiger partial charge in [0.25, 0.3) is 0 Å². The van der Waals surface area contributed by atoms with E-state index >= 15 is 0 Å². The van der Waals surface area contributed by atoms with Crippen LogP contribution >= 0.6 is 34.8 Å². The molecular weight excluding hydrogens is 277 g/mol. The molecule has 0 spiro atoms. The van der Waals surface area contributed by atoms with Crippen LogP contribution in [0.2, 0.25) is 15.1 Å². The first-order valence-electron chi connectivity index (χ1n) is 5.05. The topological polar surface area (TPSA) is 26.0 Å². The first-order valence-corrected chi connectivity index (χ1v) is 6.18. The Morgan fingerprint density at radius 3 is 2.06 bits per heavy atom. The maximum Gasteiger partial charge on any atom is 0.0487 e. The summed E-state index contributed by atoms with van der Waals surface area (Å²) in [6, 6.07) is 11.1. The van der Waals surface area contributed by atoms with Crippen LogP contribution in [0.1, 0.15) is 5.56 Å². The molecule has 0 radical (unpaired) electrons. The summed E-state index contributed by atoms with van der Waals surface area (Å²) in [7, 11) is 0. The van der Waals surface area contributed by atoms with E-state index < -0.39 is 0 Å². The number of benzene rings is 2. The zero-order valence-corrected chi connectivity index (χ0v) is 11.2. The predicted molar refractivity (Wildman–Crippen MR) is 74.8 cm³/mol. The molecule has 1 nitrogen and oxygen atoms in total. The van der Waals surface area contributed by atoms with Gasteiger partial charge < -0.3 is 5.73 Å². The van der Waals surface area contributed by atoms with Gasteiger partial charge in [-0.1, -0.05) is 46.9 Å². The molecule has 0 amide bonds. The van der Waals surface area contributed by atoms with Gasteiger partial charge in [0.05, 0.1) is 0 Å². The summed E-state index contributed by atoms with van der Waals surface area (Å²) in [5.74, 6) is 0. The fourth-order valence-electron chi connectivity index (χ4n) is 1.63. The fraction of sp³-hybridized carbons (Fsp3) is 0.0769. The van der Waals surface area contributed by atoms with Crippen LogP contribution in [-0.2, 0) is 6.54 Å². The Hall–Kier alpha value is -0.730. The third-order valence-electron chi connectivity index (χ3n) is 2.44. The molecule has 0 aliphatic rings. The van der Waals surface area contributed by atoms with E-state index in [0.29, 0.717) is 21.6 Å². The molecule has 17 heavy (non-hydrogen) atoms. The van der Waals surface area contributed by atoms with Crippen molar-refractivity contribution in [3.8, 4) is 11.1 Å². The van der Waals surface area contributed by atoms with Crippen molar-refractivity contribution in [3.05, 3.63) is 57.0 Å². The highest BCUT2D eigenvalue weighted by atomic mass is 35.5. The van der Waals surface area contributed by atoms with Crippen molar-refractivity contribution in [1.29, 1.82) is 0 Å². The number of rotatable bonds is 2. The number of halogens is 3. The van der Waals surface area contributed by atoms with Crippen molar-refractivity contribution >= 4 is 34.8 Å². The second-order valence-corrected chi connectivity index (χ2v) is 4.96. The molecular formula is C13H10Cl3N. The number of hydrogen-bond acceptors (Lipinski definition) is 1. The molecule has 4 heteroatoms. The smallest absolute Gasteiger partial charge is 0.0487 e. The van der Waals surface area contributed by atoms with E-state index in [2.05, 4.69) is 0 Å². The molecule has 0 aromatic heterocycles. The summed E-state index contributed by atoms with van der Waals surface area (Å²) in [6.45, 7) is 0.469. The average molecular weight is 287 g/mol.